The molecule has 4 aromatic rings. The summed E-state index contributed by atoms with van der Waals surface area (Å²) in [7, 11) is 0. The third kappa shape index (κ3) is 8.61. The van der Waals surface area contributed by atoms with Gasteiger partial charge < -0.3 is 24.6 Å². The number of carbonyl (C=O) groups is 3. The minimum Gasteiger partial charge on any atom is -0.489 e. The molecule has 1 atom stereocenters. The molecule has 8 rings (SSSR count). The monoisotopic (exact) mass is 848 g/mol. The molecule has 3 saturated heterocycles. The first-order chi connectivity index (χ1) is 29.2. The predicted molar refractivity (Wildman–Crippen MR) is 231 cm³/mol. The van der Waals surface area contributed by atoms with E-state index in [1.54, 1.807) is 24.3 Å². The molecular formula is C46H53ClN8O6. The largest absolute Gasteiger partial charge is 0.489 e. The molecule has 4 aliphatic rings. The van der Waals surface area contributed by atoms with Crippen molar-refractivity contribution in [1.82, 2.24) is 30.5 Å². The van der Waals surface area contributed by atoms with Crippen molar-refractivity contribution < 1.29 is 23.9 Å². The summed E-state index contributed by atoms with van der Waals surface area (Å²) >= 11 is 6.26. The second-order valence-corrected chi connectivity index (χ2v) is 18.5. The number of benzene rings is 3. The number of piperidine rings is 3. The van der Waals surface area contributed by atoms with Crippen molar-refractivity contribution in [3.63, 3.8) is 0 Å². The zero-order chi connectivity index (χ0) is 43.1. The second-order valence-electron chi connectivity index (χ2n) is 18.1. The van der Waals surface area contributed by atoms with Gasteiger partial charge in [0.25, 0.3) is 17.4 Å². The van der Waals surface area contributed by atoms with Gasteiger partial charge in [0.15, 0.2) is 0 Å². The molecule has 0 bridgehead atoms. The van der Waals surface area contributed by atoms with Crippen LogP contribution in [0.5, 0.6) is 5.75 Å². The van der Waals surface area contributed by atoms with Crippen molar-refractivity contribution in [2.75, 3.05) is 44.2 Å². The Morgan fingerprint density at radius 1 is 0.934 bits per heavy atom. The molecular weight excluding hydrogens is 796 g/mol. The van der Waals surface area contributed by atoms with Gasteiger partial charge in [-0.1, -0.05) is 56.6 Å². The number of nitrogens with one attached hydrogen (secondary N) is 2. The minimum absolute atomic E-state index is 0.0961. The molecule has 14 nitrogen and oxygen atoms in total. The Labute approximate surface area is 360 Å². The van der Waals surface area contributed by atoms with Gasteiger partial charge in [-0.05, 0) is 99.1 Å². The molecule has 0 spiro atoms. The number of nitriles is 1. The average molecular weight is 849 g/mol. The summed E-state index contributed by atoms with van der Waals surface area (Å²) in [6.07, 6.45) is 4.23. The number of hydrogen-bond donors (Lipinski definition) is 2. The van der Waals surface area contributed by atoms with Gasteiger partial charge in [0.05, 0.1) is 28.7 Å². The normalized spacial score (nSPS) is 23.2. The summed E-state index contributed by atoms with van der Waals surface area (Å²) in [6.45, 7) is 13.6. The molecule has 3 amide bonds. The number of halogens is 1. The highest BCUT2D eigenvalue weighted by Crippen LogP contribution is 2.55. The standard InChI is InChI=1S/C46H53ClN8O6/c1-45(2)43(46(3,4)44(45)61-34-11-9-31(27-48)36(47)26-34)50-40(57)30-7-5-28(6-8-30)29-15-19-53(20-16-29)23-24-60-33-17-21-54(22-18-33)32-10-12-37-35(25-32)42(59)55(52-51-37)38-13-14-39(56)49-41(38)58/h5-12,25-26,29,33,38,43-44H,13-24H2,1-4H3,(H,50,57)(H,49,56,58)/t38?,43-,44-. The Morgan fingerprint density at radius 3 is 2.33 bits per heavy atom. The smallest absolute Gasteiger partial charge is 0.278 e. The van der Waals surface area contributed by atoms with Gasteiger partial charge >= 0.3 is 0 Å². The lowest BCUT2D eigenvalue weighted by Gasteiger charge is -2.63. The van der Waals surface area contributed by atoms with Crippen molar-refractivity contribution in [1.29, 1.82) is 5.26 Å². The molecule has 1 aliphatic carbocycles. The van der Waals surface area contributed by atoms with E-state index in [0.717, 1.165) is 68.8 Å². The minimum atomic E-state index is -0.856. The van der Waals surface area contributed by atoms with Gasteiger partial charge in [-0.25, -0.2) is 0 Å². The number of likely N-dealkylation sites (tertiary alicyclic amines) is 1. The molecule has 4 fully saturated rings. The van der Waals surface area contributed by atoms with Crippen LogP contribution < -0.4 is 25.8 Å². The van der Waals surface area contributed by atoms with Gasteiger partial charge in [0.1, 0.15) is 29.5 Å². The van der Waals surface area contributed by atoms with Crippen LogP contribution in [0.3, 0.4) is 0 Å². The topological polar surface area (TPSA) is 172 Å². The van der Waals surface area contributed by atoms with E-state index >= 15 is 0 Å². The molecule has 320 valence electrons. The summed E-state index contributed by atoms with van der Waals surface area (Å²) < 4.78 is 13.8. The maximum Gasteiger partial charge on any atom is 0.278 e. The van der Waals surface area contributed by atoms with Gasteiger partial charge in [-0.15, -0.1) is 5.10 Å². The van der Waals surface area contributed by atoms with Crippen molar-refractivity contribution in [3.05, 3.63) is 92.7 Å². The van der Waals surface area contributed by atoms with Crippen LogP contribution in [0.1, 0.15) is 99.7 Å². The summed E-state index contributed by atoms with van der Waals surface area (Å²) in [5.74, 6) is 0.0695. The number of imide groups is 1. The van der Waals surface area contributed by atoms with Crippen molar-refractivity contribution in [2.24, 2.45) is 10.8 Å². The van der Waals surface area contributed by atoms with Crippen LogP contribution in [0.4, 0.5) is 5.69 Å². The van der Waals surface area contributed by atoms with Gasteiger partial charge in [-0.2, -0.15) is 9.94 Å². The maximum absolute atomic E-state index is 13.5. The first-order valence-corrected chi connectivity index (χ1v) is 21.7. The number of aromatic nitrogens is 3. The van der Waals surface area contributed by atoms with E-state index in [2.05, 4.69) is 76.6 Å². The van der Waals surface area contributed by atoms with E-state index in [-0.39, 0.29) is 53.7 Å². The van der Waals surface area contributed by atoms with Crippen molar-refractivity contribution in [3.8, 4) is 11.8 Å². The number of hydrogen-bond acceptors (Lipinski definition) is 11. The van der Waals surface area contributed by atoms with E-state index in [0.29, 0.717) is 45.3 Å². The highest BCUT2D eigenvalue weighted by molar-refractivity contribution is 6.31. The molecule has 3 aromatic carbocycles. The first kappa shape index (κ1) is 42.3. The molecule has 1 saturated carbocycles. The second kappa shape index (κ2) is 17.2. The van der Waals surface area contributed by atoms with Crippen molar-refractivity contribution in [2.45, 2.75) is 96.4 Å². The van der Waals surface area contributed by atoms with E-state index in [1.807, 2.05) is 24.3 Å². The molecule has 1 aromatic heterocycles. The molecule has 0 radical (unpaired) electrons. The first-order valence-electron chi connectivity index (χ1n) is 21.3. The SMILES string of the molecule is CC1(C)[C@H](NC(=O)c2ccc(C3CCN(CCOC4CCN(c5ccc6nnn(C7CCC(=O)NC7=O)c(=O)c6c5)CC4)CC3)cc2)C(C)(C)[C@H]1Oc1ccc(C#N)c(Cl)c1. The Balaban J connectivity index is 0.762. The van der Waals surface area contributed by atoms with Gasteiger partial charge in [0, 0.05) is 60.2 Å². The lowest BCUT2D eigenvalue weighted by atomic mass is 9.49. The fourth-order valence-electron chi connectivity index (χ4n) is 10.2. The highest BCUT2D eigenvalue weighted by atomic mass is 35.5. The Bertz CT molecular complexity index is 2400. The zero-order valence-electron chi connectivity index (χ0n) is 35.2. The van der Waals surface area contributed by atoms with E-state index in [9.17, 15) is 24.4 Å². The van der Waals surface area contributed by atoms with Gasteiger partial charge in [0.2, 0.25) is 5.91 Å². The summed E-state index contributed by atoms with van der Waals surface area (Å²) in [6, 6.07) is 19.9. The fraction of sp³-hybridized carbons (Fsp3) is 0.500. The lowest BCUT2D eigenvalue weighted by molar-refractivity contribution is -0.164. The number of rotatable bonds is 11. The molecule has 2 N–H and O–H groups in total. The van der Waals surface area contributed by atoms with Crippen LogP contribution >= 0.6 is 11.6 Å². The number of fused-ring (bicyclic) bond motifs is 1. The maximum atomic E-state index is 13.5. The third-order valence-corrected chi connectivity index (χ3v) is 13.7. The van der Waals surface area contributed by atoms with Crippen LogP contribution in [0.15, 0.2) is 65.5 Å². The van der Waals surface area contributed by atoms with Crippen LogP contribution in [-0.2, 0) is 14.3 Å². The average Bonchev–Trinajstić information content (AvgIpc) is 3.25. The summed E-state index contributed by atoms with van der Waals surface area (Å²) in [4.78, 5) is 55.6. The summed E-state index contributed by atoms with van der Waals surface area (Å²) in [5.41, 5.74) is 2.61. The Kier molecular flexibility index (Phi) is 11.9. The quantitative estimate of drug-likeness (QED) is 0.176. The third-order valence-electron chi connectivity index (χ3n) is 13.4. The number of amides is 3. The number of carbonyl (C=O) groups excluding carboxylic acids is 3. The lowest BCUT2D eigenvalue weighted by Crippen LogP contribution is -2.74. The van der Waals surface area contributed by atoms with E-state index < -0.39 is 17.5 Å². The Morgan fingerprint density at radius 2 is 1.66 bits per heavy atom. The number of anilines is 1. The molecule has 4 heterocycles. The summed E-state index contributed by atoms with van der Waals surface area (Å²) in [5, 5.41) is 23.7. The van der Waals surface area contributed by atoms with E-state index in [4.69, 9.17) is 21.1 Å². The highest BCUT2D eigenvalue weighted by Gasteiger charge is 2.64. The van der Waals surface area contributed by atoms with Crippen LogP contribution in [0.2, 0.25) is 5.02 Å². The zero-order valence-corrected chi connectivity index (χ0v) is 35.9. The fourth-order valence-corrected chi connectivity index (χ4v) is 10.4. The van der Waals surface area contributed by atoms with Gasteiger partial charge in [-0.3, -0.25) is 24.5 Å². The number of ether oxygens (including phenoxy) is 2. The van der Waals surface area contributed by atoms with Crippen LogP contribution in [0, 0.1) is 22.2 Å². The van der Waals surface area contributed by atoms with E-state index in [1.165, 1.54) is 5.56 Å². The molecule has 1 unspecified atom stereocenters. The number of nitrogens with zero attached hydrogens (tertiary/aromatic N) is 6. The Hall–Kier alpha value is -5.36. The molecule has 61 heavy (non-hydrogen) atoms. The molecule has 15 heteroatoms. The predicted octanol–water partition coefficient (Wildman–Crippen LogP) is 5.77. The molecule has 3 aliphatic heterocycles. The van der Waals surface area contributed by atoms with Crippen molar-refractivity contribution >= 4 is 45.9 Å². The van der Waals surface area contributed by atoms with Crippen LogP contribution in [-0.4, -0.2) is 95.2 Å². The van der Waals surface area contributed by atoms with Crippen LogP contribution in [0.25, 0.3) is 10.9 Å².